The second kappa shape index (κ2) is 7.34. The van der Waals surface area contributed by atoms with Crippen LogP contribution >= 0.6 is 0 Å². The van der Waals surface area contributed by atoms with Crippen LogP contribution in [0.4, 0.5) is 4.39 Å². The molecule has 0 unspecified atom stereocenters. The van der Waals surface area contributed by atoms with Gasteiger partial charge in [-0.15, -0.1) is 0 Å². The van der Waals surface area contributed by atoms with Gasteiger partial charge in [-0.1, -0.05) is 19.1 Å². The molecule has 0 aliphatic heterocycles. The smallest absolute Gasteiger partial charge is 0.165 e. The molecule has 0 spiro atoms. The number of rotatable bonds is 7. The third-order valence-electron chi connectivity index (χ3n) is 2.99. The van der Waals surface area contributed by atoms with Gasteiger partial charge in [-0.05, 0) is 46.2 Å². The van der Waals surface area contributed by atoms with Crippen LogP contribution < -0.4 is 0 Å². The number of nitrogens with zero attached hydrogens (tertiary/aromatic N) is 2. The number of hydrogen-bond donors (Lipinski definition) is 1. The van der Waals surface area contributed by atoms with Crippen molar-refractivity contribution >= 4 is 0 Å². The highest BCUT2D eigenvalue weighted by molar-refractivity contribution is 5.33. The van der Waals surface area contributed by atoms with Crippen molar-refractivity contribution in [2.75, 3.05) is 33.7 Å². The molecule has 0 saturated carbocycles. The van der Waals surface area contributed by atoms with Crippen molar-refractivity contribution in [2.45, 2.75) is 19.9 Å². The Hall–Kier alpha value is -1.13. The van der Waals surface area contributed by atoms with E-state index in [0.29, 0.717) is 12.1 Å². The Kier molecular flexibility index (Phi) is 6.09. The first-order chi connectivity index (χ1) is 8.54. The number of phenols is 1. The van der Waals surface area contributed by atoms with Crippen molar-refractivity contribution in [3.05, 3.63) is 29.6 Å². The maximum atomic E-state index is 13.2. The number of phenolic OH excluding ortho intramolecular Hbond substituents is 1. The molecule has 1 aromatic carbocycles. The lowest BCUT2D eigenvalue weighted by Crippen LogP contribution is -2.27. The average Bonchev–Trinajstić information content (AvgIpc) is 2.33. The van der Waals surface area contributed by atoms with E-state index in [1.165, 1.54) is 6.07 Å². The normalized spacial score (nSPS) is 11.4. The molecule has 3 nitrogen and oxygen atoms in total. The minimum atomic E-state index is -0.545. The van der Waals surface area contributed by atoms with E-state index in [0.717, 1.165) is 26.1 Å². The van der Waals surface area contributed by atoms with Crippen LogP contribution in [0.15, 0.2) is 18.2 Å². The predicted molar refractivity (Wildman–Crippen MR) is 72.2 cm³/mol. The molecule has 102 valence electrons. The molecule has 1 rings (SSSR count). The summed E-state index contributed by atoms with van der Waals surface area (Å²) in [5, 5.41) is 9.65. The summed E-state index contributed by atoms with van der Waals surface area (Å²) in [4.78, 5) is 4.35. The minimum Gasteiger partial charge on any atom is -0.505 e. The van der Waals surface area contributed by atoms with Gasteiger partial charge in [0, 0.05) is 12.1 Å². The standard InChI is InChI=1S/C14H23FN2O/c1-4-17(10-6-9-16(2)3)11-12-7-5-8-13(15)14(12)18/h5,7-8,18H,4,6,9-11H2,1-3H3. The zero-order chi connectivity index (χ0) is 13.5. The first-order valence-corrected chi connectivity index (χ1v) is 6.38. The summed E-state index contributed by atoms with van der Waals surface area (Å²) in [5.41, 5.74) is 0.654. The van der Waals surface area contributed by atoms with Gasteiger partial charge in [0.1, 0.15) is 0 Å². The lowest BCUT2D eigenvalue weighted by Gasteiger charge is -2.22. The van der Waals surface area contributed by atoms with Crippen molar-refractivity contribution in [1.82, 2.24) is 9.80 Å². The number of hydrogen-bond acceptors (Lipinski definition) is 3. The number of benzene rings is 1. The molecule has 0 radical (unpaired) electrons. The highest BCUT2D eigenvalue weighted by Crippen LogP contribution is 2.22. The molecule has 0 aliphatic rings. The molecule has 1 aromatic rings. The van der Waals surface area contributed by atoms with Gasteiger partial charge in [0.2, 0.25) is 0 Å². The maximum Gasteiger partial charge on any atom is 0.165 e. The fourth-order valence-corrected chi connectivity index (χ4v) is 1.89. The Morgan fingerprint density at radius 1 is 1.22 bits per heavy atom. The average molecular weight is 254 g/mol. The molecular formula is C14H23FN2O. The highest BCUT2D eigenvalue weighted by Gasteiger charge is 2.10. The van der Waals surface area contributed by atoms with Crippen LogP contribution in [-0.4, -0.2) is 48.6 Å². The zero-order valence-electron chi connectivity index (χ0n) is 11.5. The van der Waals surface area contributed by atoms with Crippen LogP contribution in [0, 0.1) is 5.82 Å². The van der Waals surface area contributed by atoms with Gasteiger partial charge < -0.3 is 10.0 Å². The van der Waals surface area contributed by atoms with E-state index in [1.54, 1.807) is 12.1 Å². The van der Waals surface area contributed by atoms with Crippen molar-refractivity contribution in [1.29, 1.82) is 0 Å². The van der Waals surface area contributed by atoms with E-state index in [4.69, 9.17) is 0 Å². The van der Waals surface area contributed by atoms with Crippen LogP contribution in [0.2, 0.25) is 0 Å². The van der Waals surface area contributed by atoms with E-state index in [9.17, 15) is 9.50 Å². The van der Waals surface area contributed by atoms with Crippen LogP contribution in [0.5, 0.6) is 5.75 Å². The van der Waals surface area contributed by atoms with Crippen molar-refractivity contribution in [3.8, 4) is 5.75 Å². The third-order valence-corrected chi connectivity index (χ3v) is 2.99. The van der Waals surface area contributed by atoms with Crippen LogP contribution in [0.1, 0.15) is 18.9 Å². The van der Waals surface area contributed by atoms with Crippen LogP contribution in [0.3, 0.4) is 0 Å². The zero-order valence-corrected chi connectivity index (χ0v) is 11.5. The largest absolute Gasteiger partial charge is 0.505 e. The van der Waals surface area contributed by atoms with Crippen molar-refractivity contribution in [3.63, 3.8) is 0 Å². The van der Waals surface area contributed by atoms with E-state index in [2.05, 4.69) is 30.8 Å². The van der Waals surface area contributed by atoms with Gasteiger partial charge in [0.15, 0.2) is 11.6 Å². The third kappa shape index (κ3) is 4.63. The number of para-hydroxylation sites is 1. The molecule has 1 N–H and O–H groups in total. The second-order valence-electron chi connectivity index (χ2n) is 4.77. The lowest BCUT2D eigenvalue weighted by atomic mass is 10.1. The molecule has 0 heterocycles. The molecule has 0 atom stereocenters. The summed E-state index contributed by atoms with van der Waals surface area (Å²) in [7, 11) is 4.10. The molecule has 0 saturated heterocycles. The summed E-state index contributed by atoms with van der Waals surface area (Å²) in [6, 6.07) is 4.69. The predicted octanol–water partition coefficient (Wildman–Crippen LogP) is 2.30. The number of halogens is 1. The maximum absolute atomic E-state index is 13.2. The molecular weight excluding hydrogens is 231 g/mol. The van der Waals surface area contributed by atoms with E-state index < -0.39 is 5.82 Å². The van der Waals surface area contributed by atoms with E-state index in [1.807, 2.05) is 0 Å². The summed E-state index contributed by atoms with van der Waals surface area (Å²) < 4.78 is 13.2. The van der Waals surface area contributed by atoms with Gasteiger partial charge in [-0.25, -0.2) is 4.39 Å². The van der Waals surface area contributed by atoms with Crippen molar-refractivity contribution < 1.29 is 9.50 Å². The molecule has 0 aromatic heterocycles. The van der Waals surface area contributed by atoms with Gasteiger partial charge in [-0.3, -0.25) is 4.90 Å². The fourth-order valence-electron chi connectivity index (χ4n) is 1.89. The lowest BCUT2D eigenvalue weighted by molar-refractivity contribution is 0.255. The van der Waals surface area contributed by atoms with Gasteiger partial charge >= 0.3 is 0 Å². The molecule has 0 aliphatic carbocycles. The second-order valence-corrected chi connectivity index (χ2v) is 4.77. The van der Waals surface area contributed by atoms with E-state index in [-0.39, 0.29) is 5.75 Å². The minimum absolute atomic E-state index is 0.219. The Balaban J connectivity index is 2.54. The quantitative estimate of drug-likeness (QED) is 0.809. The summed E-state index contributed by atoms with van der Waals surface area (Å²) in [5.74, 6) is -0.764. The van der Waals surface area contributed by atoms with Gasteiger partial charge in [0.05, 0.1) is 0 Å². The fraction of sp³-hybridized carbons (Fsp3) is 0.571. The number of aromatic hydroxyl groups is 1. The van der Waals surface area contributed by atoms with Crippen LogP contribution in [-0.2, 0) is 6.54 Å². The molecule has 0 fully saturated rings. The monoisotopic (exact) mass is 254 g/mol. The summed E-state index contributed by atoms with van der Waals surface area (Å²) >= 11 is 0. The summed E-state index contributed by atoms with van der Waals surface area (Å²) in [6.07, 6.45) is 1.07. The Bertz CT molecular complexity index is 369. The van der Waals surface area contributed by atoms with Gasteiger partial charge in [-0.2, -0.15) is 0 Å². The molecule has 18 heavy (non-hydrogen) atoms. The topological polar surface area (TPSA) is 26.7 Å². The van der Waals surface area contributed by atoms with Crippen molar-refractivity contribution in [2.24, 2.45) is 0 Å². The van der Waals surface area contributed by atoms with Crippen LogP contribution in [0.25, 0.3) is 0 Å². The first-order valence-electron chi connectivity index (χ1n) is 6.38. The first kappa shape index (κ1) is 14.9. The SMILES string of the molecule is CCN(CCCN(C)C)Cc1cccc(F)c1O. The Morgan fingerprint density at radius 3 is 2.56 bits per heavy atom. The molecule has 0 amide bonds. The Labute approximate surface area is 109 Å². The summed E-state index contributed by atoms with van der Waals surface area (Å²) in [6.45, 7) is 5.54. The molecule has 0 bridgehead atoms. The molecule has 4 heteroatoms. The Morgan fingerprint density at radius 2 is 1.94 bits per heavy atom. The van der Waals surface area contributed by atoms with E-state index >= 15 is 0 Å². The van der Waals surface area contributed by atoms with Gasteiger partial charge in [0.25, 0.3) is 0 Å². The highest BCUT2D eigenvalue weighted by atomic mass is 19.1.